The van der Waals surface area contributed by atoms with Crippen molar-refractivity contribution in [2.75, 3.05) is 5.32 Å². The molecule has 1 aromatic heterocycles. The molecule has 1 aromatic carbocycles. The van der Waals surface area contributed by atoms with E-state index in [0.29, 0.717) is 12.1 Å². The smallest absolute Gasteiger partial charge is 0.146 e. The largest absolute Gasteiger partial charge is 0.379 e. The van der Waals surface area contributed by atoms with E-state index in [1.807, 2.05) is 19.1 Å². The van der Waals surface area contributed by atoms with Crippen LogP contribution in [0.5, 0.6) is 0 Å². The molecule has 1 heterocycles. The number of aryl methyl sites for hydroxylation is 1. The minimum absolute atomic E-state index is 0.139. The Morgan fingerprint density at radius 1 is 1.33 bits per heavy atom. The van der Waals surface area contributed by atoms with Crippen molar-refractivity contribution in [1.29, 1.82) is 0 Å². The van der Waals surface area contributed by atoms with E-state index in [1.54, 1.807) is 12.1 Å². The number of nitrogens with zero attached hydrogens (tertiary/aromatic N) is 1. The quantitative estimate of drug-likeness (QED) is 0.835. The molecule has 0 aliphatic carbocycles. The number of hydrogen-bond acceptors (Lipinski definition) is 2. The van der Waals surface area contributed by atoms with Crippen molar-refractivity contribution in [3.63, 3.8) is 0 Å². The summed E-state index contributed by atoms with van der Waals surface area (Å²) in [6.45, 7) is 2.26. The van der Waals surface area contributed by atoms with E-state index >= 15 is 0 Å². The van der Waals surface area contributed by atoms with Gasteiger partial charge in [-0.15, -0.1) is 0 Å². The highest BCUT2D eigenvalue weighted by molar-refractivity contribution is 9.10. The lowest BCUT2D eigenvalue weighted by Crippen LogP contribution is -2.04. The van der Waals surface area contributed by atoms with Gasteiger partial charge in [0.15, 0.2) is 0 Å². The van der Waals surface area contributed by atoms with E-state index < -0.39 is 0 Å². The summed E-state index contributed by atoms with van der Waals surface area (Å²) in [5, 5.41) is 3.28. The number of pyridine rings is 1. The van der Waals surface area contributed by atoms with Crippen molar-refractivity contribution in [2.45, 2.75) is 13.5 Å². The molecule has 5 heteroatoms. The highest BCUT2D eigenvalue weighted by atomic mass is 79.9. The molecule has 0 aliphatic rings. The van der Waals surface area contributed by atoms with Crippen LogP contribution in [0.4, 0.5) is 10.1 Å². The second kappa shape index (κ2) is 5.67. The third kappa shape index (κ3) is 3.00. The van der Waals surface area contributed by atoms with Gasteiger partial charge < -0.3 is 5.32 Å². The van der Waals surface area contributed by atoms with Crippen molar-refractivity contribution < 1.29 is 4.39 Å². The molecule has 94 valence electrons. The summed E-state index contributed by atoms with van der Waals surface area (Å²) < 4.78 is 14.5. The zero-order valence-corrected chi connectivity index (χ0v) is 12.0. The standard InChI is InChI=1S/C13H11BrClFN2/c1-8-11(5-6-12(14)18-8)17-7-9-3-2-4-10(15)13(9)16/h2-6,17H,7H2,1H3. The lowest BCUT2D eigenvalue weighted by Gasteiger charge is -2.10. The fourth-order valence-electron chi connectivity index (χ4n) is 1.59. The minimum Gasteiger partial charge on any atom is -0.379 e. The molecule has 18 heavy (non-hydrogen) atoms. The molecule has 2 aromatic rings. The fraction of sp³-hybridized carbons (Fsp3) is 0.154. The maximum Gasteiger partial charge on any atom is 0.146 e. The third-order valence-corrected chi connectivity index (χ3v) is 3.29. The predicted molar refractivity (Wildman–Crippen MR) is 75.4 cm³/mol. The van der Waals surface area contributed by atoms with Crippen LogP contribution in [0.2, 0.25) is 5.02 Å². The Kier molecular flexibility index (Phi) is 4.19. The molecule has 0 saturated carbocycles. The first-order valence-electron chi connectivity index (χ1n) is 5.38. The van der Waals surface area contributed by atoms with Crippen molar-refractivity contribution in [3.05, 3.63) is 57.0 Å². The summed E-state index contributed by atoms with van der Waals surface area (Å²) in [6, 6.07) is 8.70. The molecule has 0 unspecified atom stereocenters. The van der Waals surface area contributed by atoms with Crippen molar-refractivity contribution in [3.8, 4) is 0 Å². The number of aromatic nitrogens is 1. The van der Waals surface area contributed by atoms with Crippen molar-refractivity contribution >= 4 is 33.2 Å². The number of hydrogen-bond donors (Lipinski definition) is 1. The molecule has 0 saturated heterocycles. The van der Waals surface area contributed by atoms with E-state index in [4.69, 9.17) is 11.6 Å². The third-order valence-electron chi connectivity index (χ3n) is 2.55. The average molecular weight is 330 g/mol. The van der Waals surface area contributed by atoms with Gasteiger partial charge in [-0.3, -0.25) is 0 Å². The zero-order chi connectivity index (χ0) is 13.1. The highest BCUT2D eigenvalue weighted by Gasteiger charge is 2.06. The maximum absolute atomic E-state index is 13.7. The maximum atomic E-state index is 13.7. The van der Waals surface area contributed by atoms with E-state index in [-0.39, 0.29) is 10.8 Å². The van der Waals surface area contributed by atoms with E-state index in [0.717, 1.165) is 16.0 Å². The Labute approximate surface area is 118 Å². The number of anilines is 1. The van der Waals surface area contributed by atoms with Gasteiger partial charge in [-0.1, -0.05) is 23.7 Å². The first kappa shape index (κ1) is 13.3. The molecule has 0 spiro atoms. The summed E-state index contributed by atoms with van der Waals surface area (Å²) in [7, 11) is 0. The van der Waals surface area contributed by atoms with Crippen LogP contribution in [0.1, 0.15) is 11.3 Å². The number of benzene rings is 1. The predicted octanol–water partition coefficient (Wildman–Crippen LogP) is 4.56. The van der Waals surface area contributed by atoms with Gasteiger partial charge >= 0.3 is 0 Å². The lowest BCUT2D eigenvalue weighted by atomic mass is 10.2. The topological polar surface area (TPSA) is 24.9 Å². The van der Waals surface area contributed by atoms with Crippen molar-refractivity contribution in [2.24, 2.45) is 0 Å². The summed E-state index contributed by atoms with van der Waals surface area (Å²) >= 11 is 9.02. The molecule has 0 radical (unpaired) electrons. The normalized spacial score (nSPS) is 10.4. The van der Waals surface area contributed by atoms with Crippen LogP contribution in [0, 0.1) is 12.7 Å². The summed E-state index contributed by atoms with van der Waals surface area (Å²) in [5.41, 5.74) is 2.26. The molecule has 0 bridgehead atoms. The second-order valence-electron chi connectivity index (χ2n) is 3.83. The first-order chi connectivity index (χ1) is 8.58. The van der Waals surface area contributed by atoms with Crippen LogP contribution in [-0.2, 0) is 6.54 Å². The van der Waals surface area contributed by atoms with Crippen LogP contribution in [0.15, 0.2) is 34.9 Å². The Morgan fingerprint density at radius 3 is 2.83 bits per heavy atom. The van der Waals surface area contributed by atoms with E-state index in [2.05, 4.69) is 26.2 Å². The summed E-state index contributed by atoms with van der Waals surface area (Å²) in [6.07, 6.45) is 0. The minimum atomic E-state index is -0.380. The highest BCUT2D eigenvalue weighted by Crippen LogP contribution is 2.20. The Bertz CT molecular complexity index is 575. The van der Waals surface area contributed by atoms with E-state index in [1.165, 1.54) is 6.07 Å². The molecule has 0 fully saturated rings. The van der Waals surface area contributed by atoms with Gasteiger partial charge in [0.2, 0.25) is 0 Å². The number of rotatable bonds is 3. The molecule has 2 rings (SSSR count). The molecule has 0 amide bonds. The SMILES string of the molecule is Cc1nc(Br)ccc1NCc1cccc(Cl)c1F. The van der Waals surface area contributed by atoms with Crippen LogP contribution >= 0.6 is 27.5 Å². The van der Waals surface area contributed by atoms with Gasteiger partial charge in [0, 0.05) is 12.1 Å². The summed E-state index contributed by atoms with van der Waals surface area (Å²) in [5.74, 6) is -0.380. The van der Waals surface area contributed by atoms with Gasteiger partial charge in [0.1, 0.15) is 10.4 Å². The monoisotopic (exact) mass is 328 g/mol. The number of halogens is 3. The lowest BCUT2D eigenvalue weighted by molar-refractivity contribution is 0.613. The molecule has 0 atom stereocenters. The Hall–Kier alpha value is -1.13. The van der Waals surface area contributed by atoms with Crippen LogP contribution < -0.4 is 5.32 Å². The fourth-order valence-corrected chi connectivity index (χ4v) is 2.18. The van der Waals surface area contributed by atoms with Crippen LogP contribution in [0.3, 0.4) is 0 Å². The Morgan fingerprint density at radius 2 is 2.11 bits per heavy atom. The molecule has 0 aliphatic heterocycles. The summed E-state index contributed by atoms with van der Waals surface area (Å²) in [4.78, 5) is 4.26. The second-order valence-corrected chi connectivity index (χ2v) is 5.05. The van der Waals surface area contributed by atoms with Gasteiger partial charge in [0.25, 0.3) is 0 Å². The van der Waals surface area contributed by atoms with Crippen LogP contribution in [0.25, 0.3) is 0 Å². The molecular weight excluding hydrogens is 319 g/mol. The molecule has 1 N–H and O–H groups in total. The number of nitrogens with one attached hydrogen (secondary N) is 1. The van der Waals surface area contributed by atoms with Gasteiger partial charge in [-0.2, -0.15) is 0 Å². The molecular formula is C13H11BrClFN2. The first-order valence-corrected chi connectivity index (χ1v) is 6.55. The molecule has 2 nitrogen and oxygen atoms in total. The van der Waals surface area contributed by atoms with Crippen molar-refractivity contribution in [1.82, 2.24) is 4.98 Å². The Balaban J connectivity index is 2.14. The van der Waals surface area contributed by atoms with E-state index in [9.17, 15) is 4.39 Å². The zero-order valence-electron chi connectivity index (χ0n) is 9.67. The van der Waals surface area contributed by atoms with Gasteiger partial charge in [0.05, 0.1) is 16.4 Å². The van der Waals surface area contributed by atoms with Gasteiger partial charge in [-0.25, -0.2) is 9.37 Å². The average Bonchev–Trinajstić information content (AvgIpc) is 2.33. The van der Waals surface area contributed by atoms with Crippen LogP contribution in [-0.4, -0.2) is 4.98 Å². The van der Waals surface area contributed by atoms with Gasteiger partial charge in [-0.05, 0) is 41.1 Å².